The van der Waals surface area contributed by atoms with E-state index in [1.54, 1.807) is 6.07 Å². The molecule has 0 unspecified atom stereocenters. The predicted octanol–water partition coefficient (Wildman–Crippen LogP) is 3.43. The van der Waals surface area contributed by atoms with Gasteiger partial charge in [-0.15, -0.1) is 10.2 Å². The van der Waals surface area contributed by atoms with E-state index < -0.39 is 11.7 Å². The molecule has 0 aliphatic heterocycles. The Morgan fingerprint density at radius 1 is 1.12 bits per heavy atom. The van der Waals surface area contributed by atoms with E-state index >= 15 is 0 Å². The molecule has 0 aliphatic carbocycles. The first-order chi connectivity index (χ1) is 12.1. The van der Waals surface area contributed by atoms with Crippen LogP contribution in [-0.4, -0.2) is 22.6 Å². The number of halogens is 2. The van der Waals surface area contributed by atoms with Crippen LogP contribution in [0.15, 0.2) is 52.9 Å². The van der Waals surface area contributed by atoms with Crippen LogP contribution in [0.3, 0.4) is 0 Å². The van der Waals surface area contributed by atoms with E-state index in [0.29, 0.717) is 13.0 Å². The smallest absolute Gasteiger partial charge is 0.308 e. The summed E-state index contributed by atoms with van der Waals surface area (Å²) in [5, 5.41) is 10.5. The predicted molar refractivity (Wildman–Crippen MR) is 91.0 cm³/mol. The van der Waals surface area contributed by atoms with Crippen molar-refractivity contribution in [3.05, 3.63) is 82.3 Å². The van der Waals surface area contributed by atoms with E-state index in [1.807, 2.05) is 30.3 Å². The molecular weight excluding hydrogens is 345 g/mol. The number of aromatic nitrogens is 2. The zero-order chi connectivity index (χ0) is 17.6. The lowest BCUT2D eigenvalue weighted by Crippen LogP contribution is -2.26. The molecule has 1 heterocycles. The summed E-state index contributed by atoms with van der Waals surface area (Å²) in [5.74, 6) is -0.954. The molecule has 25 heavy (non-hydrogen) atoms. The van der Waals surface area contributed by atoms with Crippen molar-refractivity contribution in [3.63, 3.8) is 0 Å². The van der Waals surface area contributed by atoms with Gasteiger partial charge < -0.3 is 9.73 Å². The Kier molecular flexibility index (Phi) is 5.40. The van der Waals surface area contributed by atoms with Gasteiger partial charge in [0, 0.05) is 17.1 Å². The van der Waals surface area contributed by atoms with Gasteiger partial charge in [-0.2, -0.15) is 0 Å². The van der Waals surface area contributed by atoms with Crippen molar-refractivity contribution >= 4 is 17.5 Å². The third-order valence-corrected chi connectivity index (χ3v) is 3.95. The van der Waals surface area contributed by atoms with Gasteiger partial charge in [0.25, 0.3) is 0 Å². The Morgan fingerprint density at radius 3 is 2.68 bits per heavy atom. The molecule has 0 radical (unpaired) electrons. The summed E-state index contributed by atoms with van der Waals surface area (Å²) in [5.41, 5.74) is 1.37. The Hall–Kier alpha value is -2.73. The first-order valence-corrected chi connectivity index (χ1v) is 8.08. The summed E-state index contributed by atoms with van der Waals surface area (Å²) in [7, 11) is 0. The zero-order valence-corrected chi connectivity index (χ0v) is 14.0. The number of rotatable bonds is 6. The van der Waals surface area contributed by atoms with Crippen molar-refractivity contribution in [2.45, 2.75) is 12.8 Å². The Bertz CT molecular complexity index is 848. The molecule has 0 atom stereocenters. The standard InChI is InChI=1S/C18H15ClFN3O2/c19-14-7-4-8-15(20)13(14)11-16-22-23-18(25-16)17(24)21-10-9-12-5-2-1-3-6-12/h1-8H,9-11H2,(H,21,24). The molecule has 5 nitrogen and oxygen atoms in total. The number of amides is 1. The van der Waals surface area contributed by atoms with E-state index in [0.717, 1.165) is 5.56 Å². The maximum absolute atomic E-state index is 13.8. The van der Waals surface area contributed by atoms with E-state index in [1.165, 1.54) is 12.1 Å². The number of carbonyl (C=O) groups excluding carboxylic acids is 1. The molecular formula is C18H15ClFN3O2. The van der Waals surface area contributed by atoms with Gasteiger partial charge in [-0.05, 0) is 24.1 Å². The number of nitrogens with one attached hydrogen (secondary N) is 1. The summed E-state index contributed by atoms with van der Waals surface area (Å²) in [6.07, 6.45) is 0.716. The molecule has 0 saturated heterocycles. The van der Waals surface area contributed by atoms with Gasteiger partial charge in [-0.25, -0.2) is 4.39 Å². The highest BCUT2D eigenvalue weighted by molar-refractivity contribution is 6.31. The van der Waals surface area contributed by atoms with E-state index in [2.05, 4.69) is 15.5 Å². The molecule has 7 heteroatoms. The van der Waals surface area contributed by atoms with Crippen LogP contribution in [0.25, 0.3) is 0 Å². The van der Waals surface area contributed by atoms with Gasteiger partial charge >= 0.3 is 11.8 Å². The van der Waals surface area contributed by atoms with Crippen molar-refractivity contribution in [2.24, 2.45) is 0 Å². The molecule has 0 bridgehead atoms. The molecule has 3 aromatic rings. The van der Waals surface area contributed by atoms with Crippen molar-refractivity contribution in [1.82, 2.24) is 15.5 Å². The lowest BCUT2D eigenvalue weighted by atomic mass is 10.1. The SMILES string of the molecule is O=C(NCCc1ccccc1)c1nnc(Cc2c(F)cccc2Cl)o1. The molecule has 0 aliphatic rings. The van der Waals surface area contributed by atoms with Crippen LogP contribution < -0.4 is 5.32 Å². The maximum atomic E-state index is 13.8. The Labute approximate surface area is 148 Å². The minimum absolute atomic E-state index is 0.0236. The molecule has 1 N–H and O–H groups in total. The number of hydrogen-bond donors (Lipinski definition) is 1. The van der Waals surface area contributed by atoms with E-state index in [9.17, 15) is 9.18 Å². The number of carbonyl (C=O) groups is 1. The van der Waals surface area contributed by atoms with Crippen molar-refractivity contribution in [3.8, 4) is 0 Å². The average Bonchev–Trinajstić information content (AvgIpc) is 3.08. The van der Waals surface area contributed by atoms with Gasteiger partial charge in [0.1, 0.15) is 5.82 Å². The molecule has 1 aromatic heterocycles. The number of benzene rings is 2. The Balaban J connectivity index is 1.58. The first kappa shape index (κ1) is 17.1. The fraction of sp³-hybridized carbons (Fsp3) is 0.167. The van der Waals surface area contributed by atoms with Crippen LogP contribution in [-0.2, 0) is 12.8 Å². The molecule has 3 rings (SSSR count). The van der Waals surface area contributed by atoms with Crippen LogP contribution in [0.1, 0.15) is 27.7 Å². The lowest BCUT2D eigenvalue weighted by Gasteiger charge is -2.03. The summed E-state index contributed by atoms with van der Waals surface area (Å²) in [4.78, 5) is 12.0. The first-order valence-electron chi connectivity index (χ1n) is 7.71. The molecule has 1 amide bonds. The highest BCUT2D eigenvalue weighted by Gasteiger charge is 2.17. The highest BCUT2D eigenvalue weighted by atomic mass is 35.5. The van der Waals surface area contributed by atoms with Crippen molar-refractivity contribution < 1.29 is 13.6 Å². The normalized spacial score (nSPS) is 10.6. The van der Waals surface area contributed by atoms with Gasteiger partial charge in [0.05, 0.1) is 6.42 Å². The van der Waals surface area contributed by atoms with Gasteiger partial charge in [-0.3, -0.25) is 4.79 Å². The second-order valence-electron chi connectivity index (χ2n) is 5.37. The molecule has 0 saturated carbocycles. The van der Waals surface area contributed by atoms with Crippen LogP contribution in [0.4, 0.5) is 4.39 Å². The van der Waals surface area contributed by atoms with Crippen LogP contribution >= 0.6 is 11.6 Å². The fourth-order valence-corrected chi connectivity index (χ4v) is 2.54. The maximum Gasteiger partial charge on any atom is 0.308 e. The minimum atomic E-state index is -0.464. The monoisotopic (exact) mass is 359 g/mol. The van der Waals surface area contributed by atoms with Gasteiger partial charge in [-0.1, -0.05) is 48.0 Å². The molecule has 0 spiro atoms. The lowest BCUT2D eigenvalue weighted by molar-refractivity contribution is 0.0918. The largest absolute Gasteiger partial charge is 0.417 e. The molecule has 0 fully saturated rings. The third-order valence-electron chi connectivity index (χ3n) is 3.59. The van der Waals surface area contributed by atoms with Crippen LogP contribution in [0.5, 0.6) is 0 Å². The highest BCUT2D eigenvalue weighted by Crippen LogP contribution is 2.21. The summed E-state index contributed by atoms with van der Waals surface area (Å²) < 4.78 is 19.1. The van der Waals surface area contributed by atoms with Crippen molar-refractivity contribution in [1.29, 1.82) is 0 Å². The van der Waals surface area contributed by atoms with E-state index in [4.69, 9.17) is 16.0 Å². The molecule has 2 aromatic carbocycles. The Morgan fingerprint density at radius 2 is 1.92 bits per heavy atom. The summed E-state index contributed by atoms with van der Waals surface area (Å²) >= 11 is 5.97. The quantitative estimate of drug-likeness (QED) is 0.732. The van der Waals surface area contributed by atoms with E-state index in [-0.39, 0.29) is 28.8 Å². The summed E-state index contributed by atoms with van der Waals surface area (Å²) in [6.45, 7) is 0.444. The third kappa shape index (κ3) is 4.42. The van der Waals surface area contributed by atoms with Gasteiger partial charge in [0.2, 0.25) is 5.89 Å². The second kappa shape index (κ2) is 7.90. The zero-order valence-electron chi connectivity index (χ0n) is 13.2. The summed E-state index contributed by atoms with van der Waals surface area (Å²) in [6, 6.07) is 14.2. The second-order valence-corrected chi connectivity index (χ2v) is 5.78. The fourth-order valence-electron chi connectivity index (χ4n) is 2.31. The minimum Gasteiger partial charge on any atom is -0.417 e. The number of hydrogen-bond acceptors (Lipinski definition) is 4. The topological polar surface area (TPSA) is 68.0 Å². The number of nitrogens with zero attached hydrogens (tertiary/aromatic N) is 2. The molecule has 128 valence electrons. The average molecular weight is 360 g/mol. The van der Waals surface area contributed by atoms with Crippen LogP contribution in [0.2, 0.25) is 5.02 Å². The van der Waals surface area contributed by atoms with Crippen LogP contribution in [0, 0.1) is 5.82 Å². The van der Waals surface area contributed by atoms with Crippen molar-refractivity contribution in [2.75, 3.05) is 6.54 Å². The van der Waals surface area contributed by atoms with Gasteiger partial charge in [0.15, 0.2) is 0 Å².